The number of aliphatic hydroxyl groups is 1. The van der Waals surface area contributed by atoms with Gasteiger partial charge in [0.15, 0.2) is 0 Å². The zero-order valence-corrected chi connectivity index (χ0v) is 20.1. The smallest absolute Gasteiger partial charge is 0.406 e. The highest BCUT2D eigenvalue weighted by molar-refractivity contribution is 7.92. The minimum absolute atomic E-state index is 0.0775. The zero-order chi connectivity index (χ0) is 26.3. The van der Waals surface area contributed by atoms with Gasteiger partial charge in [-0.15, -0.1) is 13.2 Å². The van der Waals surface area contributed by atoms with Gasteiger partial charge in [0, 0.05) is 11.8 Å². The number of halogens is 3. The van der Waals surface area contributed by atoms with Crippen LogP contribution in [0.5, 0.6) is 5.75 Å². The molecule has 7 nitrogen and oxygen atoms in total. The van der Waals surface area contributed by atoms with Crippen LogP contribution in [0.15, 0.2) is 77.7 Å². The van der Waals surface area contributed by atoms with Crippen LogP contribution in [0.3, 0.4) is 0 Å². The Balaban J connectivity index is 1.84. The number of alkyl halides is 3. The van der Waals surface area contributed by atoms with E-state index in [1.54, 1.807) is 30.3 Å². The van der Waals surface area contributed by atoms with Gasteiger partial charge in [-0.25, -0.2) is 8.42 Å². The minimum atomic E-state index is -4.92. The van der Waals surface area contributed by atoms with Gasteiger partial charge in [-0.05, 0) is 47.9 Å². The third kappa shape index (κ3) is 7.22. The van der Waals surface area contributed by atoms with E-state index in [9.17, 15) is 31.5 Å². The van der Waals surface area contributed by atoms with E-state index < -0.39 is 40.6 Å². The molecule has 3 aromatic carbocycles. The van der Waals surface area contributed by atoms with Gasteiger partial charge in [0.05, 0.1) is 23.1 Å². The normalized spacial score (nSPS) is 12.6. The Bertz CT molecular complexity index is 1300. The largest absolute Gasteiger partial charge is 0.573 e. The van der Waals surface area contributed by atoms with Crippen LogP contribution >= 0.6 is 0 Å². The van der Waals surface area contributed by atoms with Crippen molar-refractivity contribution >= 4 is 27.3 Å². The summed E-state index contributed by atoms with van der Waals surface area (Å²) in [5.41, 5.74) is 1.28. The maximum atomic E-state index is 13.1. The maximum absolute atomic E-state index is 13.1. The maximum Gasteiger partial charge on any atom is 0.573 e. The first kappa shape index (κ1) is 27.0. The summed E-state index contributed by atoms with van der Waals surface area (Å²) in [4.78, 5) is 12.7. The van der Waals surface area contributed by atoms with Crippen LogP contribution in [0.1, 0.15) is 30.4 Å². The highest BCUT2D eigenvalue weighted by atomic mass is 32.2. The van der Waals surface area contributed by atoms with Crippen LogP contribution in [0.2, 0.25) is 0 Å². The second-order valence-electron chi connectivity index (χ2n) is 7.89. The quantitative estimate of drug-likeness (QED) is 0.346. The van der Waals surface area contributed by atoms with Crippen molar-refractivity contribution in [2.75, 3.05) is 16.6 Å². The molecule has 0 aliphatic carbocycles. The van der Waals surface area contributed by atoms with Crippen molar-refractivity contribution in [1.29, 1.82) is 0 Å². The van der Waals surface area contributed by atoms with Crippen molar-refractivity contribution in [2.45, 2.75) is 36.9 Å². The first-order valence-electron chi connectivity index (χ1n) is 11.0. The monoisotopic (exact) mass is 522 g/mol. The second-order valence-corrected chi connectivity index (χ2v) is 9.54. The molecule has 0 bridgehead atoms. The van der Waals surface area contributed by atoms with Crippen molar-refractivity contribution in [3.8, 4) is 5.75 Å². The molecule has 3 rings (SSSR count). The topological polar surface area (TPSA) is 105 Å². The molecule has 3 N–H and O–H groups in total. The summed E-state index contributed by atoms with van der Waals surface area (Å²) in [6.07, 6.45) is -3.96. The van der Waals surface area contributed by atoms with Gasteiger partial charge in [-0.2, -0.15) is 0 Å². The molecule has 0 fully saturated rings. The fraction of sp³-hybridized carbons (Fsp3) is 0.240. The van der Waals surface area contributed by atoms with E-state index >= 15 is 0 Å². The number of aryl methyl sites for hydroxylation is 1. The SMILES string of the molecule is CCCc1cc(NC(=O)[C@@H](CO)c2ccccc2)ccc1S(=O)(=O)Nc1cccc(OC(F)(F)F)c1. The number of benzene rings is 3. The molecule has 0 aromatic heterocycles. The Morgan fingerprint density at radius 1 is 1.00 bits per heavy atom. The number of carbonyl (C=O) groups is 1. The van der Waals surface area contributed by atoms with Crippen LogP contribution in [0.4, 0.5) is 24.5 Å². The first-order chi connectivity index (χ1) is 17.0. The lowest BCUT2D eigenvalue weighted by Gasteiger charge is -2.17. The van der Waals surface area contributed by atoms with Crippen LogP contribution in [-0.4, -0.2) is 32.4 Å². The molecule has 11 heteroatoms. The lowest BCUT2D eigenvalue weighted by atomic mass is 9.99. The number of rotatable bonds is 10. The number of hydrogen-bond acceptors (Lipinski definition) is 5. The van der Waals surface area contributed by atoms with Crippen molar-refractivity contribution in [2.24, 2.45) is 0 Å². The molecule has 0 aliphatic rings. The summed E-state index contributed by atoms with van der Waals surface area (Å²) in [5.74, 6) is -1.83. The standard InChI is InChI=1S/C25H25F3N2O5S/c1-2-7-18-14-19(29-24(32)22(16-31)17-8-4-3-5-9-17)12-13-23(18)36(33,34)30-20-10-6-11-21(15-20)35-25(26,27)28/h3-6,8-15,22,30-31H,2,7,16H2,1H3,(H,29,32)/t22-/m0/s1. The molecule has 0 unspecified atom stereocenters. The molecular formula is C25H25F3N2O5S. The Morgan fingerprint density at radius 3 is 2.36 bits per heavy atom. The fourth-order valence-corrected chi connectivity index (χ4v) is 4.91. The molecule has 1 amide bonds. The Hall–Kier alpha value is -3.57. The van der Waals surface area contributed by atoms with Crippen LogP contribution in [0.25, 0.3) is 0 Å². The van der Waals surface area contributed by atoms with E-state index in [0.717, 1.165) is 12.1 Å². The third-order valence-electron chi connectivity index (χ3n) is 5.16. The molecule has 0 saturated heterocycles. The number of hydrogen-bond donors (Lipinski definition) is 3. The summed E-state index contributed by atoms with van der Waals surface area (Å²) in [5, 5.41) is 12.4. The Morgan fingerprint density at radius 2 is 1.72 bits per heavy atom. The van der Waals surface area contributed by atoms with E-state index in [1.165, 1.54) is 30.3 Å². The van der Waals surface area contributed by atoms with Gasteiger partial charge in [0.25, 0.3) is 10.0 Å². The van der Waals surface area contributed by atoms with Gasteiger partial charge in [0.2, 0.25) is 5.91 Å². The molecule has 36 heavy (non-hydrogen) atoms. The van der Waals surface area contributed by atoms with Crippen LogP contribution in [-0.2, 0) is 21.2 Å². The van der Waals surface area contributed by atoms with Gasteiger partial charge in [-0.1, -0.05) is 49.7 Å². The van der Waals surface area contributed by atoms with Crippen molar-refractivity contribution < 1.29 is 36.2 Å². The minimum Gasteiger partial charge on any atom is -0.406 e. The lowest BCUT2D eigenvalue weighted by Crippen LogP contribution is -2.24. The molecule has 0 saturated carbocycles. The van der Waals surface area contributed by atoms with Gasteiger partial charge in [0.1, 0.15) is 5.75 Å². The van der Waals surface area contributed by atoms with E-state index in [0.29, 0.717) is 29.7 Å². The van der Waals surface area contributed by atoms with Crippen molar-refractivity contribution in [3.05, 3.63) is 83.9 Å². The average molecular weight is 523 g/mol. The van der Waals surface area contributed by atoms with E-state index in [2.05, 4.69) is 14.8 Å². The van der Waals surface area contributed by atoms with Crippen LogP contribution < -0.4 is 14.8 Å². The molecule has 0 aliphatic heterocycles. The number of carbonyl (C=O) groups excluding carboxylic acids is 1. The number of amides is 1. The number of nitrogens with one attached hydrogen (secondary N) is 2. The van der Waals surface area contributed by atoms with Gasteiger partial charge >= 0.3 is 6.36 Å². The van der Waals surface area contributed by atoms with Gasteiger partial charge in [-0.3, -0.25) is 9.52 Å². The Labute approximate surface area is 207 Å². The summed E-state index contributed by atoms with van der Waals surface area (Å²) in [7, 11) is -4.18. The van der Waals surface area contributed by atoms with Gasteiger partial charge < -0.3 is 15.2 Å². The fourth-order valence-electron chi connectivity index (χ4n) is 3.61. The van der Waals surface area contributed by atoms with Crippen molar-refractivity contribution in [1.82, 2.24) is 0 Å². The third-order valence-corrected chi connectivity index (χ3v) is 6.64. The predicted octanol–water partition coefficient (Wildman–Crippen LogP) is 5.05. The number of sulfonamides is 1. The first-order valence-corrected chi connectivity index (χ1v) is 12.5. The molecule has 3 aromatic rings. The average Bonchev–Trinajstić information content (AvgIpc) is 2.79. The van der Waals surface area contributed by atoms with Crippen LogP contribution in [0, 0.1) is 0 Å². The molecule has 1 atom stereocenters. The highest BCUT2D eigenvalue weighted by Gasteiger charge is 2.31. The van der Waals surface area contributed by atoms with Crippen molar-refractivity contribution in [3.63, 3.8) is 0 Å². The van der Waals surface area contributed by atoms with E-state index in [1.807, 2.05) is 6.92 Å². The summed E-state index contributed by atoms with van der Waals surface area (Å²) >= 11 is 0. The number of ether oxygens (including phenoxy) is 1. The predicted molar refractivity (Wildman–Crippen MR) is 129 cm³/mol. The second kappa shape index (κ2) is 11.4. The molecule has 0 spiro atoms. The summed E-state index contributed by atoms with van der Waals surface area (Å²) in [6.45, 7) is 1.44. The number of aliphatic hydroxyl groups excluding tert-OH is 1. The molecular weight excluding hydrogens is 497 g/mol. The number of anilines is 2. The summed E-state index contributed by atoms with van der Waals surface area (Å²) < 4.78 is 69.8. The summed E-state index contributed by atoms with van der Waals surface area (Å²) in [6, 6.07) is 17.5. The zero-order valence-electron chi connectivity index (χ0n) is 19.2. The van der Waals surface area contributed by atoms with E-state index in [-0.39, 0.29) is 10.6 Å². The molecule has 0 heterocycles. The lowest BCUT2D eigenvalue weighted by molar-refractivity contribution is -0.274. The molecule has 192 valence electrons. The highest BCUT2D eigenvalue weighted by Crippen LogP contribution is 2.28. The van der Waals surface area contributed by atoms with E-state index in [4.69, 9.17) is 0 Å². The molecule has 0 radical (unpaired) electrons. The Kier molecular flexibility index (Phi) is 8.59.